The zero-order valence-electron chi connectivity index (χ0n) is 11.9. The van der Waals surface area contributed by atoms with E-state index in [2.05, 4.69) is 27.7 Å². The minimum absolute atomic E-state index is 0.305. The molecule has 0 unspecified atom stereocenters. The van der Waals surface area contributed by atoms with Gasteiger partial charge in [0.25, 0.3) is 0 Å². The summed E-state index contributed by atoms with van der Waals surface area (Å²) in [7, 11) is 0. The van der Waals surface area contributed by atoms with Crippen LogP contribution >= 0.6 is 0 Å². The fourth-order valence-corrected chi connectivity index (χ4v) is 1.79. The van der Waals surface area contributed by atoms with Gasteiger partial charge in [-0.2, -0.15) is 0 Å². The molecule has 0 aliphatic carbocycles. The first kappa shape index (κ1) is 14.7. The van der Waals surface area contributed by atoms with Gasteiger partial charge in [0.05, 0.1) is 0 Å². The highest BCUT2D eigenvalue weighted by molar-refractivity contribution is 5.78. The number of benzene rings is 1. The lowest BCUT2D eigenvalue weighted by Crippen LogP contribution is -2.31. The third-order valence-corrected chi connectivity index (χ3v) is 2.89. The summed E-state index contributed by atoms with van der Waals surface area (Å²) in [5.74, 6) is 0.911. The molecular weight excluding hydrogens is 226 g/mol. The van der Waals surface area contributed by atoms with Gasteiger partial charge < -0.3 is 10.5 Å². The predicted molar refractivity (Wildman–Crippen MR) is 73.9 cm³/mol. The summed E-state index contributed by atoms with van der Waals surface area (Å²) in [6, 6.07) is 5.40. The molecule has 0 fully saturated rings. The summed E-state index contributed by atoms with van der Waals surface area (Å²) in [6.07, 6.45) is 0. The average molecular weight is 249 g/mol. The van der Waals surface area contributed by atoms with Crippen molar-refractivity contribution in [2.24, 2.45) is 5.73 Å². The third kappa shape index (κ3) is 3.33. The van der Waals surface area contributed by atoms with Gasteiger partial charge in [0.2, 0.25) is 0 Å². The molecule has 100 valence electrons. The summed E-state index contributed by atoms with van der Waals surface area (Å²) < 4.78 is 5.50. The van der Waals surface area contributed by atoms with Gasteiger partial charge in [-0.15, -0.1) is 0 Å². The molecule has 0 bridgehead atoms. The van der Waals surface area contributed by atoms with Crippen LogP contribution in [0.15, 0.2) is 18.2 Å². The molecule has 1 aromatic rings. The standard InChI is InChI=1S/C15H23NO2/c1-9(2)12-7-6-8-13(10(3)4)14(12)18-15(17)11(5)16/h6-11H,16H2,1-5H3/t11-/m0/s1. The van der Waals surface area contributed by atoms with Crippen LogP contribution in [0.5, 0.6) is 5.75 Å². The Morgan fingerprint density at radius 1 is 1.06 bits per heavy atom. The highest BCUT2D eigenvalue weighted by Gasteiger charge is 2.19. The van der Waals surface area contributed by atoms with E-state index in [1.807, 2.05) is 18.2 Å². The zero-order chi connectivity index (χ0) is 13.9. The van der Waals surface area contributed by atoms with E-state index >= 15 is 0 Å². The minimum Gasteiger partial charge on any atom is -0.425 e. The lowest BCUT2D eigenvalue weighted by Gasteiger charge is -2.19. The molecule has 3 heteroatoms. The van der Waals surface area contributed by atoms with Gasteiger partial charge in [-0.25, -0.2) is 4.79 Å². The molecule has 0 amide bonds. The number of hydrogen-bond acceptors (Lipinski definition) is 3. The monoisotopic (exact) mass is 249 g/mol. The van der Waals surface area contributed by atoms with Crippen molar-refractivity contribution in [3.63, 3.8) is 0 Å². The molecule has 18 heavy (non-hydrogen) atoms. The molecule has 0 aliphatic heterocycles. The SMILES string of the molecule is CC(C)c1cccc(C(C)C)c1OC(=O)[C@H](C)N. The Balaban J connectivity index is 3.23. The first-order valence-corrected chi connectivity index (χ1v) is 6.44. The van der Waals surface area contributed by atoms with E-state index < -0.39 is 6.04 Å². The molecule has 1 atom stereocenters. The van der Waals surface area contributed by atoms with Crippen molar-refractivity contribution in [1.29, 1.82) is 0 Å². The number of carbonyl (C=O) groups excluding carboxylic acids is 1. The second-order valence-corrected chi connectivity index (χ2v) is 5.28. The van der Waals surface area contributed by atoms with E-state index in [4.69, 9.17) is 10.5 Å². The third-order valence-electron chi connectivity index (χ3n) is 2.89. The van der Waals surface area contributed by atoms with Crippen molar-refractivity contribution in [3.8, 4) is 5.75 Å². The predicted octanol–water partition coefficient (Wildman–Crippen LogP) is 3.19. The van der Waals surface area contributed by atoms with Gasteiger partial charge in [-0.3, -0.25) is 0 Å². The van der Waals surface area contributed by atoms with Crippen LogP contribution in [0.3, 0.4) is 0 Å². The highest BCUT2D eigenvalue weighted by Crippen LogP contribution is 2.34. The van der Waals surface area contributed by atoms with Crippen molar-refractivity contribution >= 4 is 5.97 Å². The fourth-order valence-electron chi connectivity index (χ4n) is 1.79. The van der Waals surface area contributed by atoms with Gasteiger partial charge >= 0.3 is 5.97 Å². The normalized spacial score (nSPS) is 12.9. The molecule has 0 heterocycles. The number of rotatable bonds is 4. The minimum atomic E-state index is -0.606. The molecular formula is C15H23NO2. The smallest absolute Gasteiger partial charge is 0.328 e. The largest absolute Gasteiger partial charge is 0.425 e. The van der Waals surface area contributed by atoms with Crippen LogP contribution in [0.2, 0.25) is 0 Å². The van der Waals surface area contributed by atoms with Crippen LogP contribution in [-0.2, 0) is 4.79 Å². The topological polar surface area (TPSA) is 52.3 Å². The van der Waals surface area contributed by atoms with Gasteiger partial charge in [0, 0.05) is 0 Å². The van der Waals surface area contributed by atoms with Crippen LogP contribution in [-0.4, -0.2) is 12.0 Å². The Morgan fingerprint density at radius 2 is 1.50 bits per heavy atom. The molecule has 0 aromatic heterocycles. The second-order valence-electron chi connectivity index (χ2n) is 5.28. The van der Waals surface area contributed by atoms with E-state index in [0.717, 1.165) is 11.1 Å². The van der Waals surface area contributed by atoms with Crippen LogP contribution < -0.4 is 10.5 Å². The maximum absolute atomic E-state index is 11.7. The van der Waals surface area contributed by atoms with Gasteiger partial charge in [-0.05, 0) is 29.9 Å². The summed E-state index contributed by atoms with van der Waals surface area (Å²) >= 11 is 0. The van der Waals surface area contributed by atoms with Crippen LogP contribution in [0.25, 0.3) is 0 Å². The van der Waals surface area contributed by atoms with E-state index in [9.17, 15) is 4.79 Å². The summed E-state index contributed by atoms with van der Waals surface area (Å²) in [5.41, 5.74) is 7.66. The number of carbonyl (C=O) groups is 1. The van der Waals surface area contributed by atoms with Crippen LogP contribution in [0.1, 0.15) is 57.6 Å². The Morgan fingerprint density at radius 3 is 1.83 bits per heavy atom. The van der Waals surface area contributed by atoms with Crippen molar-refractivity contribution in [2.45, 2.75) is 52.5 Å². The molecule has 1 rings (SSSR count). The number of nitrogens with two attached hydrogens (primary N) is 1. The number of hydrogen-bond donors (Lipinski definition) is 1. The maximum Gasteiger partial charge on any atom is 0.328 e. The lowest BCUT2D eigenvalue weighted by atomic mass is 9.94. The fraction of sp³-hybridized carbons (Fsp3) is 0.533. The zero-order valence-corrected chi connectivity index (χ0v) is 11.9. The molecule has 0 spiro atoms. The molecule has 3 nitrogen and oxygen atoms in total. The molecule has 2 N–H and O–H groups in total. The molecule has 0 radical (unpaired) electrons. The Kier molecular flexibility index (Phi) is 4.91. The summed E-state index contributed by atoms with van der Waals surface area (Å²) in [4.78, 5) is 11.7. The first-order chi connectivity index (χ1) is 8.34. The van der Waals surface area contributed by atoms with E-state index in [1.54, 1.807) is 6.92 Å². The second kappa shape index (κ2) is 6.01. The molecule has 0 saturated heterocycles. The Labute approximate surface area is 109 Å². The van der Waals surface area contributed by atoms with Gasteiger partial charge in [0.15, 0.2) is 0 Å². The van der Waals surface area contributed by atoms with Crippen molar-refractivity contribution in [3.05, 3.63) is 29.3 Å². The van der Waals surface area contributed by atoms with Crippen LogP contribution in [0, 0.1) is 0 Å². The Hall–Kier alpha value is -1.35. The highest BCUT2D eigenvalue weighted by atomic mass is 16.5. The lowest BCUT2D eigenvalue weighted by molar-refractivity contribution is -0.135. The molecule has 0 aliphatic rings. The summed E-state index contributed by atoms with van der Waals surface area (Å²) in [6.45, 7) is 9.98. The van der Waals surface area contributed by atoms with E-state index in [0.29, 0.717) is 17.6 Å². The molecule has 1 aromatic carbocycles. The maximum atomic E-state index is 11.7. The van der Waals surface area contributed by atoms with Crippen molar-refractivity contribution in [2.75, 3.05) is 0 Å². The number of para-hydroxylation sites is 1. The Bertz CT molecular complexity index is 396. The molecule has 0 saturated carbocycles. The average Bonchev–Trinajstić information content (AvgIpc) is 2.28. The van der Waals surface area contributed by atoms with Crippen molar-refractivity contribution in [1.82, 2.24) is 0 Å². The van der Waals surface area contributed by atoms with Crippen molar-refractivity contribution < 1.29 is 9.53 Å². The number of ether oxygens (including phenoxy) is 1. The van der Waals surface area contributed by atoms with E-state index in [-0.39, 0.29) is 5.97 Å². The van der Waals surface area contributed by atoms with E-state index in [1.165, 1.54) is 0 Å². The quantitative estimate of drug-likeness (QED) is 0.658. The number of esters is 1. The van der Waals surface area contributed by atoms with Gasteiger partial charge in [-0.1, -0.05) is 45.9 Å². The first-order valence-electron chi connectivity index (χ1n) is 6.44. The van der Waals surface area contributed by atoms with Crippen LogP contribution in [0.4, 0.5) is 0 Å². The van der Waals surface area contributed by atoms with Gasteiger partial charge in [0.1, 0.15) is 11.8 Å². The summed E-state index contributed by atoms with van der Waals surface area (Å²) in [5, 5.41) is 0.